The van der Waals surface area contributed by atoms with Crippen molar-refractivity contribution in [3.05, 3.63) is 182 Å². The van der Waals surface area contributed by atoms with Crippen molar-refractivity contribution in [2.45, 2.75) is 0 Å². The summed E-state index contributed by atoms with van der Waals surface area (Å²) in [4.78, 5) is 9.77. The van der Waals surface area contributed by atoms with Crippen LogP contribution in [0.3, 0.4) is 0 Å². The Bertz CT molecular complexity index is 2760. The summed E-state index contributed by atoms with van der Waals surface area (Å²) >= 11 is 0. The topological polar surface area (TPSA) is 35.6 Å². The first kappa shape index (κ1) is 31.7. The molecule has 0 bridgehead atoms. The van der Waals surface area contributed by atoms with Gasteiger partial charge in [-0.2, -0.15) is 0 Å². The molecule has 2 aromatic heterocycles. The van der Waals surface area contributed by atoms with E-state index in [-0.39, 0.29) is 0 Å². The molecular weight excluding hydrogens is 657 g/mol. The fourth-order valence-corrected chi connectivity index (χ4v) is 7.83. The van der Waals surface area contributed by atoms with E-state index in [1.807, 2.05) is 12.1 Å². The number of benzene rings is 8. The van der Waals surface area contributed by atoms with Crippen molar-refractivity contribution in [3.8, 4) is 67.3 Å². The zero-order chi connectivity index (χ0) is 36.2. The Labute approximate surface area is 314 Å². The molecule has 0 spiro atoms. The minimum atomic E-state index is 0.974. The summed E-state index contributed by atoms with van der Waals surface area (Å²) in [6.45, 7) is 0. The Hall–Kier alpha value is -7.04. The van der Waals surface area contributed by atoms with Gasteiger partial charge in [-0.3, -0.25) is 0 Å². The number of hydrogen-bond acceptors (Lipinski definition) is 2. The Kier molecular flexibility index (Phi) is 7.55. The van der Waals surface area contributed by atoms with Gasteiger partial charge in [0.05, 0.1) is 22.1 Å². The highest BCUT2D eigenvalue weighted by molar-refractivity contribution is 5.97. The van der Waals surface area contributed by atoms with Crippen molar-refractivity contribution in [1.82, 2.24) is 19.1 Å². The van der Waals surface area contributed by atoms with E-state index in [1.165, 1.54) is 55.3 Å². The maximum Gasteiger partial charge on any atom is 0.140 e. The van der Waals surface area contributed by atoms with Gasteiger partial charge in [0.2, 0.25) is 0 Å². The van der Waals surface area contributed by atoms with Gasteiger partial charge in [0, 0.05) is 25.2 Å². The number of para-hydroxylation sites is 4. The number of aromatic nitrogens is 4. The minimum absolute atomic E-state index is 0.974. The van der Waals surface area contributed by atoms with Crippen LogP contribution in [0.25, 0.3) is 100 Å². The van der Waals surface area contributed by atoms with E-state index in [1.54, 1.807) is 0 Å². The van der Waals surface area contributed by atoms with Gasteiger partial charge in [0.15, 0.2) is 0 Å². The molecule has 10 rings (SSSR count). The molecule has 10 aromatic rings. The van der Waals surface area contributed by atoms with Crippen LogP contribution < -0.4 is 0 Å². The Balaban J connectivity index is 0.943. The fraction of sp³-hybridized carbons (Fsp3) is 0.0400. The molecule has 0 aliphatic carbocycles. The lowest BCUT2D eigenvalue weighted by Crippen LogP contribution is -1.92. The van der Waals surface area contributed by atoms with E-state index in [4.69, 9.17) is 9.97 Å². The summed E-state index contributed by atoms with van der Waals surface area (Å²) in [6, 6.07) is 65.3. The molecule has 0 N–H and O–H groups in total. The summed E-state index contributed by atoms with van der Waals surface area (Å²) in [5.74, 6) is 1.95. The molecule has 0 radical (unpaired) electrons. The molecule has 2 heterocycles. The molecule has 4 nitrogen and oxygen atoms in total. The third-order valence-corrected chi connectivity index (χ3v) is 10.8. The third kappa shape index (κ3) is 5.48. The van der Waals surface area contributed by atoms with E-state index in [0.29, 0.717) is 0 Å². The number of rotatable bonds is 6. The van der Waals surface area contributed by atoms with Crippen LogP contribution in [-0.4, -0.2) is 19.1 Å². The largest absolute Gasteiger partial charge is 0.327 e. The van der Waals surface area contributed by atoms with Crippen molar-refractivity contribution >= 4 is 32.8 Å². The normalized spacial score (nSPS) is 11.5. The molecule has 256 valence electrons. The molecule has 0 saturated carbocycles. The molecule has 54 heavy (non-hydrogen) atoms. The van der Waals surface area contributed by atoms with Gasteiger partial charge >= 0.3 is 0 Å². The van der Waals surface area contributed by atoms with Crippen LogP contribution in [0.15, 0.2) is 182 Å². The fourth-order valence-electron chi connectivity index (χ4n) is 7.83. The lowest BCUT2D eigenvalue weighted by Gasteiger charge is -2.14. The molecule has 0 aliphatic heterocycles. The second kappa shape index (κ2) is 12.9. The second-order valence-electron chi connectivity index (χ2n) is 14.0. The molecule has 0 amide bonds. The number of aryl methyl sites for hydroxylation is 2. The van der Waals surface area contributed by atoms with E-state index >= 15 is 0 Å². The smallest absolute Gasteiger partial charge is 0.140 e. The predicted molar refractivity (Wildman–Crippen MR) is 225 cm³/mol. The van der Waals surface area contributed by atoms with E-state index < -0.39 is 0 Å². The summed E-state index contributed by atoms with van der Waals surface area (Å²) in [5.41, 5.74) is 16.1. The van der Waals surface area contributed by atoms with Gasteiger partial charge in [0.1, 0.15) is 11.6 Å². The van der Waals surface area contributed by atoms with E-state index in [2.05, 4.69) is 193 Å². The molecular formula is C50H36N4. The van der Waals surface area contributed by atoms with Crippen LogP contribution in [0.1, 0.15) is 0 Å². The molecule has 0 saturated heterocycles. The summed E-state index contributed by atoms with van der Waals surface area (Å²) in [6.07, 6.45) is 0. The number of fused-ring (bicyclic) bond motifs is 3. The van der Waals surface area contributed by atoms with Crippen LogP contribution in [0.2, 0.25) is 0 Å². The number of hydrogen-bond donors (Lipinski definition) is 0. The molecule has 0 fully saturated rings. The second-order valence-corrected chi connectivity index (χ2v) is 14.0. The monoisotopic (exact) mass is 692 g/mol. The summed E-state index contributed by atoms with van der Waals surface area (Å²) in [5, 5.41) is 2.46. The molecule has 8 aromatic carbocycles. The molecule has 0 unspecified atom stereocenters. The number of imidazole rings is 2. The van der Waals surface area contributed by atoms with Gasteiger partial charge in [-0.1, -0.05) is 146 Å². The zero-order valence-corrected chi connectivity index (χ0v) is 30.1. The standard InChI is InChI=1S/C50H36N4/c1-53-47-13-7-5-11-45(47)51-49(53)39-27-19-35(20-28-39)33-15-23-37(24-16-33)43-31-41-9-3-4-10-42(41)32-44(43)38-25-17-34(18-26-38)36-21-29-40(30-22-36)50-52-46-12-6-8-14-48(46)54(50)2/h3-32H,1-2H3. The van der Waals surface area contributed by atoms with Gasteiger partial charge in [-0.05, 0) is 91.7 Å². The van der Waals surface area contributed by atoms with Crippen molar-refractivity contribution in [1.29, 1.82) is 0 Å². The molecule has 0 aliphatic rings. The predicted octanol–water partition coefficient (Wildman–Crippen LogP) is 12.6. The lowest BCUT2D eigenvalue weighted by molar-refractivity contribution is 0.959. The first-order valence-corrected chi connectivity index (χ1v) is 18.4. The maximum atomic E-state index is 4.89. The van der Waals surface area contributed by atoms with Crippen LogP contribution in [0.4, 0.5) is 0 Å². The Morgan fingerprint density at radius 1 is 0.315 bits per heavy atom. The summed E-state index contributed by atoms with van der Waals surface area (Å²) < 4.78 is 4.33. The third-order valence-electron chi connectivity index (χ3n) is 10.8. The van der Waals surface area contributed by atoms with Crippen molar-refractivity contribution in [2.75, 3.05) is 0 Å². The Morgan fingerprint density at radius 2 is 0.611 bits per heavy atom. The van der Waals surface area contributed by atoms with Gasteiger partial charge in [-0.15, -0.1) is 0 Å². The van der Waals surface area contributed by atoms with Gasteiger partial charge in [-0.25, -0.2) is 9.97 Å². The highest BCUT2D eigenvalue weighted by Crippen LogP contribution is 2.38. The molecule has 0 atom stereocenters. The van der Waals surface area contributed by atoms with Gasteiger partial charge in [0.25, 0.3) is 0 Å². The van der Waals surface area contributed by atoms with Crippen LogP contribution in [-0.2, 0) is 14.1 Å². The Morgan fingerprint density at radius 3 is 0.963 bits per heavy atom. The van der Waals surface area contributed by atoms with Crippen molar-refractivity contribution < 1.29 is 0 Å². The van der Waals surface area contributed by atoms with Gasteiger partial charge < -0.3 is 9.13 Å². The average molecular weight is 693 g/mol. The lowest BCUT2D eigenvalue weighted by atomic mass is 9.90. The summed E-state index contributed by atoms with van der Waals surface area (Å²) in [7, 11) is 4.16. The quantitative estimate of drug-likeness (QED) is 0.174. The maximum absolute atomic E-state index is 4.89. The van der Waals surface area contributed by atoms with Crippen LogP contribution >= 0.6 is 0 Å². The number of nitrogens with zero attached hydrogens (tertiary/aromatic N) is 4. The van der Waals surface area contributed by atoms with E-state index in [9.17, 15) is 0 Å². The van der Waals surface area contributed by atoms with Crippen molar-refractivity contribution in [2.24, 2.45) is 14.1 Å². The minimum Gasteiger partial charge on any atom is -0.327 e. The first-order chi connectivity index (χ1) is 26.6. The SMILES string of the molecule is Cn1c(-c2ccc(-c3ccc(-c4cc5ccccc5cc4-c4ccc(-c5ccc(-c6nc7ccccc7n6C)cc5)cc4)cc3)cc2)nc2ccccc21. The first-order valence-electron chi connectivity index (χ1n) is 18.4. The van der Waals surface area contributed by atoms with Crippen molar-refractivity contribution in [3.63, 3.8) is 0 Å². The molecule has 4 heteroatoms. The van der Waals surface area contributed by atoms with Crippen LogP contribution in [0, 0.1) is 0 Å². The highest BCUT2D eigenvalue weighted by Gasteiger charge is 2.14. The highest BCUT2D eigenvalue weighted by atomic mass is 15.1. The zero-order valence-electron chi connectivity index (χ0n) is 30.1. The van der Waals surface area contributed by atoms with E-state index in [0.717, 1.165) is 44.8 Å². The average Bonchev–Trinajstić information content (AvgIpc) is 3.76. The van der Waals surface area contributed by atoms with Crippen LogP contribution in [0.5, 0.6) is 0 Å².